The number of fused-ring (bicyclic) bond motifs is 1. The van der Waals surface area contributed by atoms with E-state index in [0.29, 0.717) is 16.7 Å². The van der Waals surface area contributed by atoms with E-state index in [2.05, 4.69) is 25.9 Å². The minimum absolute atomic E-state index is 0.158. The molecule has 0 radical (unpaired) electrons. The second-order valence-corrected chi connectivity index (χ2v) is 5.22. The molecule has 0 saturated carbocycles. The third-order valence-electron chi connectivity index (χ3n) is 3.01. The Balaban J connectivity index is 2.22. The zero-order valence-electron chi connectivity index (χ0n) is 10.7. The van der Waals surface area contributed by atoms with Gasteiger partial charge in [-0.15, -0.1) is 0 Å². The first-order chi connectivity index (χ1) is 9.67. The van der Waals surface area contributed by atoms with Gasteiger partial charge in [-0.2, -0.15) is 0 Å². The number of hydrogen-bond acceptors (Lipinski definition) is 3. The lowest BCUT2D eigenvalue weighted by atomic mass is 10.2. The van der Waals surface area contributed by atoms with Crippen LogP contribution in [0.1, 0.15) is 0 Å². The Kier molecular flexibility index (Phi) is 3.28. The number of aromatic nitrogens is 2. The summed E-state index contributed by atoms with van der Waals surface area (Å²) in [5, 5.41) is 0.561. The van der Waals surface area contributed by atoms with Crippen molar-refractivity contribution in [1.82, 2.24) is 9.97 Å². The fourth-order valence-corrected chi connectivity index (χ4v) is 2.38. The zero-order chi connectivity index (χ0) is 14.1. The van der Waals surface area contributed by atoms with Crippen LogP contribution in [0.2, 0.25) is 0 Å². The molecule has 1 heterocycles. The fourth-order valence-electron chi connectivity index (χ4n) is 2.02. The van der Waals surface area contributed by atoms with E-state index in [0.717, 1.165) is 15.8 Å². The Hall–Kier alpha value is -2.14. The van der Waals surface area contributed by atoms with Gasteiger partial charge in [-0.3, -0.25) is 4.79 Å². The van der Waals surface area contributed by atoms with Crippen molar-refractivity contribution in [3.63, 3.8) is 0 Å². The number of methoxy groups -OCH3 is 1. The molecule has 0 spiro atoms. The first-order valence-electron chi connectivity index (χ1n) is 6.01. The minimum atomic E-state index is -0.158. The molecule has 4 nitrogen and oxygen atoms in total. The zero-order valence-corrected chi connectivity index (χ0v) is 12.3. The number of rotatable bonds is 2. The third-order valence-corrected chi connectivity index (χ3v) is 3.50. The van der Waals surface area contributed by atoms with Crippen LogP contribution >= 0.6 is 15.9 Å². The van der Waals surface area contributed by atoms with Gasteiger partial charge in [0.15, 0.2) is 0 Å². The van der Waals surface area contributed by atoms with Gasteiger partial charge in [-0.1, -0.05) is 28.1 Å². The maximum absolute atomic E-state index is 12.1. The number of nitrogens with one attached hydrogen (secondary N) is 1. The first-order valence-corrected chi connectivity index (χ1v) is 6.81. The summed E-state index contributed by atoms with van der Waals surface area (Å²) < 4.78 is 6.04. The van der Waals surface area contributed by atoms with Crippen LogP contribution in [0.15, 0.2) is 51.7 Å². The number of benzene rings is 2. The predicted octanol–water partition coefficient (Wildman–Crippen LogP) is 3.36. The smallest absolute Gasteiger partial charge is 0.259 e. The van der Waals surface area contributed by atoms with Crippen molar-refractivity contribution >= 4 is 26.8 Å². The average molecular weight is 331 g/mol. The number of ether oxygens (including phenoxy) is 1. The van der Waals surface area contributed by atoms with E-state index in [1.807, 2.05) is 36.4 Å². The summed E-state index contributed by atoms with van der Waals surface area (Å²) in [4.78, 5) is 19.4. The topological polar surface area (TPSA) is 55.0 Å². The van der Waals surface area contributed by atoms with Crippen LogP contribution in [-0.2, 0) is 0 Å². The Bertz CT molecular complexity index is 843. The van der Waals surface area contributed by atoms with Gasteiger partial charge in [-0.25, -0.2) is 4.98 Å². The van der Waals surface area contributed by atoms with Gasteiger partial charge < -0.3 is 9.72 Å². The van der Waals surface area contributed by atoms with Crippen molar-refractivity contribution in [1.29, 1.82) is 0 Å². The second-order valence-electron chi connectivity index (χ2n) is 4.31. The van der Waals surface area contributed by atoms with Crippen LogP contribution in [0.3, 0.4) is 0 Å². The first kappa shape index (κ1) is 12.9. The van der Waals surface area contributed by atoms with Crippen LogP contribution in [0.4, 0.5) is 0 Å². The maximum atomic E-state index is 12.1. The van der Waals surface area contributed by atoms with Crippen LogP contribution in [0.25, 0.3) is 22.3 Å². The highest BCUT2D eigenvalue weighted by Gasteiger charge is 2.07. The summed E-state index contributed by atoms with van der Waals surface area (Å²) in [5.41, 5.74) is 1.31. The minimum Gasteiger partial charge on any atom is -0.497 e. The summed E-state index contributed by atoms with van der Waals surface area (Å²) >= 11 is 3.35. The van der Waals surface area contributed by atoms with E-state index in [9.17, 15) is 4.79 Å². The molecule has 3 aromatic rings. The van der Waals surface area contributed by atoms with Crippen LogP contribution < -0.4 is 10.3 Å². The fraction of sp³-hybridized carbons (Fsp3) is 0.0667. The van der Waals surface area contributed by atoms with Crippen molar-refractivity contribution in [2.75, 3.05) is 7.11 Å². The lowest BCUT2D eigenvalue weighted by Gasteiger charge is -2.05. The molecule has 1 N–H and O–H groups in total. The molecule has 0 fully saturated rings. The van der Waals surface area contributed by atoms with Crippen LogP contribution in [0, 0.1) is 0 Å². The molecule has 2 aromatic carbocycles. The molecule has 3 rings (SSSR count). The van der Waals surface area contributed by atoms with Crippen molar-refractivity contribution in [3.05, 3.63) is 57.3 Å². The Morgan fingerprint density at radius 3 is 2.85 bits per heavy atom. The summed E-state index contributed by atoms with van der Waals surface area (Å²) in [6, 6.07) is 12.9. The van der Waals surface area contributed by atoms with Gasteiger partial charge in [0.25, 0.3) is 5.56 Å². The molecule has 0 atom stereocenters. The highest BCUT2D eigenvalue weighted by molar-refractivity contribution is 9.10. The van der Waals surface area contributed by atoms with Gasteiger partial charge in [0.05, 0.1) is 18.0 Å². The van der Waals surface area contributed by atoms with Crippen molar-refractivity contribution in [2.45, 2.75) is 0 Å². The van der Waals surface area contributed by atoms with Crippen LogP contribution in [0.5, 0.6) is 5.75 Å². The number of H-pyrrole nitrogens is 1. The molecule has 0 unspecified atom stereocenters. The normalized spacial score (nSPS) is 10.7. The van der Waals surface area contributed by atoms with Crippen molar-refractivity contribution in [3.8, 4) is 17.1 Å². The third kappa shape index (κ3) is 2.32. The molecule has 0 aliphatic carbocycles. The molecule has 0 bridgehead atoms. The summed E-state index contributed by atoms with van der Waals surface area (Å²) in [7, 11) is 1.60. The van der Waals surface area contributed by atoms with E-state index in [-0.39, 0.29) is 5.56 Å². The molecular formula is C15H11BrN2O2. The second kappa shape index (κ2) is 5.09. The number of aromatic amines is 1. The van der Waals surface area contributed by atoms with E-state index < -0.39 is 0 Å². The molecular weight excluding hydrogens is 320 g/mol. The number of hydrogen-bond donors (Lipinski definition) is 1. The van der Waals surface area contributed by atoms with E-state index in [1.165, 1.54) is 0 Å². The molecule has 0 saturated heterocycles. The number of nitrogens with zero attached hydrogens (tertiary/aromatic N) is 1. The molecule has 1 aromatic heterocycles. The Morgan fingerprint density at radius 1 is 1.20 bits per heavy atom. The lowest BCUT2D eigenvalue weighted by Crippen LogP contribution is -2.09. The molecule has 0 amide bonds. The largest absolute Gasteiger partial charge is 0.497 e. The van der Waals surface area contributed by atoms with Crippen molar-refractivity contribution in [2.24, 2.45) is 0 Å². The highest BCUT2D eigenvalue weighted by atomic mass is 79.9. The average Bonchev–Trinajstić information content (AvgIpc) is 2.48. The van der Waals surface area contributed by atoms with E-state index >= 15 is 0 Å². The van der Waals surface area contributed by atoms with Gasteiger partial charge in [0, 0.05) is 10.0 Å². The standard InChI is InChI=1S/C15H11BrN2O2/c1-20-11-4-2-3-9(7-11)14-17-13-6-5-10(16)8-12(13)15(19)18-14/h2-8H,1H3,(H,17,18,19). The Labute approximate surface area is 123 Å². The molecule has 0 aliphatic rings. The van der Waals surface area contributed by atoms with Gasteiger partial charge >= 0.3 is 0 Å². The van der Waals surface area contributed by atoms with Crippen LogP contribution in [-0.4, -0.2) is 17.1 Å². The molecule has 20 heavy (non-hydrogen) atoms. The maximum Gasteiger partial charge on any atom is 0.259 e. The van der Waals surface area contributed by atoms with E-state index in [4.69, 9.17) is 4.74 Å². The SMILES string of the molecule is COc1cccc(-c2nc3ccc(Br)cc3c(=O)[nH]2)c1. The van der Waals surface area contributed by atoms with Gasteiger partial charge in [0.1, 0.15) is 11.6 Å². The summed E-state index contributed by atoms with van der Waals surface area (Å²) in [6.45, 7) is 0. The molecule has 5 heteroatoms. The summed E-state index contributed by atoms with van der Waals surface area (Å²) in [5.74, 6) is 1.25. The molecule has 0 aliphatic heterocycles. The number of halogens is 1. The summed E-state index contributed by atoms with van der Waals surface area (Å²) in [6.07, 6.45) is 0. The highest BCUT2D eigenvalue weighted by Crippen LogP contribution is 2.22. The Morgan fingerprint density at radius 2 is 2.05 bits per heavy atom. The van der Waals surface area contributed by atoms with Crippen molar-refractivity contribution < 1.29 is 4.74 Å². The van der Waals surface area contributed by atoms with E-state index in [1.54, 1.807) is 13.2 Å². The predicted molar refractivity (Wildman–Crippen MR) is 82.1 cm³/mol. The lowest BCUT2D eigenvalue weighted by molar-refractivity contribution is 0.415. The van der Waals surface area contributed by atoms with Gasteiger partial charge in [-0.05, 0) is 30.3 Å². The molecule has 100 valence electrons. The van der Waals surface area contributed by atoms with Gasteiger partial charge in [0.2, 0.25) is 0 Å². The quantitative estimate of drug-likeness (QED) is 0.783. The monoisotopic (exact) mass is 330 g/mol.